The Hall–Kier alpha value is -0.610. The van der Waals surface area contributed by atoms with E-state index in [1.54, 1.807) is 0 Å². The normalized spacial score (nSPS) is 30.1. The molecule has 0 aromatic carbocycles. The van der Waals surface area contributed by atoms with Crippen LogP contribution in [0, 0.1) is 5.92 Å². The van der Waals surface area contributed by atoms with Crippen molar-refractivity contribution in [3.05, 3.63) is 0 Å². The van der Waals surface area contributed by atoms with Crippen LogP contribution in [-0.2, 0) is 4.79 Å². The van der Waals surface area contributed by atoms with Crippen molar-refractivity contribution >= 4 is 5.91 Å². The molecule has 0 aliphatic carbocycles. The molecule has 1 unspecified atom stereocenters. The molecule has 2 aliphatic rings. The van der Waals surface area contributed by atoms with Crippen LogP contribution in [0.3, 0.4) is 0 Å². The first kappa shape index (κ1) is 9.93. The van der Waals surface area contributed by atoms with Crippen LogP contribution in [0.15, 0.2) is 0 Å². The van der Waals surface area contributed by atoms with E-state index >= 15 is 0 Å². The number of carbonyl (C=O) groups is 1. The SMILES string of the molecule is CC1CN(C(=O)C2CNC2)CCN1C. The third-order valence-corrected chi connectivity index (χ3v) is 3.40. The van der Waals surface area contributed by atoms with Crippen molar-refractivity contribution in [1.29, 1.82) is 0 Å². The van der Waals surface area contributed by atoms with Crippen LogP contribution < -0.4 is 5.32 Å². The minimum Gasteiger partial charge on any atom is -0.340 e. The van der Waals surface area contributed by atoms with E-state index in [2.05, 4.69) is 24.2 Å². The maximum atomic E-state index is 11.9. The molecule has 0 aromatic heterocycles. The Bertz CT molecular complexity index is 227. The molecule has 1 amide bonds. The minimum atomic E-state index is 0.255. The van der Waals surface area contributed by atoms with Crippen molar-refractivity contribution in [3.63, 3.8) is 0 Å². The van der Waals surface area contributed by atoms with Gasteiger partial charge in [0, 0.05) is 38.8 Å². The van der Waals surface area contributed by atoms with E-state index in [1.165, 1.54) is 0 Å². The Kier molecular flexibility index (Phi) is 2.74. The number of piperazine rings is 1. The molecule has 4 heteroatoms. The van der Waals surface area contributed by atoms with Gasteiger partial charge in [0.15, 0.2) is 0 Å². The van der Waals surface area contributed by atoms with Crippen molar-refractivity contribution in [2.75, 3.05) is 39.8 Å². The van der Waals surface area contributed by atoms with Crippen molar-refractivity contribution < 1.29 is 4.79 Å². The largest absolute Gasteiger partial charge is 0.340 e. The average Bonchev–Trinajstić information content (AvgIpc) is 2.06. The summed E-state index contributed by atoms with van der Waals surface area (Å²) in [6, 6.07) is 0.501. The van der Waals surface area contributed by atoms with Gasteiger partial charge in [-0.2, -0.15) is 0 Å². The van der Waals surface area contributed by atoms with E-state index in [1.807, 2.05) is 4.90 Å². The number of nitrogens with zero attached hydrogens (tertiary/aromatic N) is 2. The van der Waals surface area contributed by atoms with E-state index in [0.717, 1.165) is 32.7 Å². The first-order valence-electron chi connectivity index (χ1n) is 5.38. The topological polar surface area (TPSA) is 35.6 Å². The summed E-state index contributed by atoms with van der Waals surface area (Å²) >= 11 is 0. The zero-order valence-electron chi connectivity index (χ0n) is 8.99. The second kappa shape index (κ2) is 3.87. The molecule has 0 saturated carbocycles. The summed E-state index contributed by atoms with van der Waals surface area (Å²) < 4.78 is 0. The molecule has 4 nitrogen and oxygen atoms in total. The van der Waals surface area contributed by atoms with E-state index in [4.69, 9.17) is 0 Å². The zero-order valence-corrected chi connectivity index (χ0v) is 8.99. The summed E-state index contributed by atoms with van der Waals surface area (Å²) in [5, 5.41) is 3.14. The van der Waals surface area contributed by atoms with Crippen LogP contribution in [0.2, 0.25) is 0 Å². The number of carbonyl (C=O) groups excluding carboxylic acids is 1. The second-order valence-corrected chi connectivity index (χ2v) is 4.47. The number of likely N-dealkylation sites (N-methyl/N-ethyl adjacent to an activating group) is 1. The quantitative estimate of drug-likeness (QED) is 0.608. The van der Waals surface area contributed by atoms with Crippen molar-refractivity contribution in [3.8, 4) is 0 Å². The third-order valence-electron chi connectivity index (χ3n) is 3.40. The molecule has 0 spiro atoms. The Morgan fingerprint density at radius 2 is 2.07 bits per heavy atom. The number of nitrogens with one attached hydrogen (secondary N) is 1. The Labute approximate surface area is 85.2 Å². The molecule has 1 N–H and O–H groups in total. The van der Waals surface area contributed by atoms with Crippen molar-refractivity contribution in [2.24, 2.45) is 5.92 Å². The van der Waals surface area contributed by atoms with Gasteiger partial charge in [-0.3, -0.25) is 4.79 Å². The van der Waals surface area contributed by atoms with Crippen LogP contribution in [0.5, 0.6) is 0 Å². The lowest BCUT2D eigenvalue weighted by Crippen LogP contribution is -2.58. The fraction of sp³-hybridized carbons (Fsp3) is 0.900. The fourth-order valence-electron chi connectivity index (χ4n) is 1.97. The summed E-state index contributed by atoms with van der Waals surface area (Å²) in [4.78, 5) is 16.2. The molecule has 2 heterocycles. The van der Waals surface area contributed by atoms with Crippen molar-refractivity contribution in [2.45, 2.75) is 13.0 Å². The second-order valence-electron chi connectivity index (χ2n) is 4.47. The summed E-state index contributed by atoms with van der Waals surface area (Å²) in [7, 11) is 2.12. The summed E-state index contributed by atoms with van der Waals surface area (Å²) in [6.45, 7) is 6.73. The number of amides is 1. The molecule has 2 saturated heterocycles. The van der Waals surface area contributed by atoms with Gasteiger partial charge >= 0.3 is 0 Å². The lowest BCUT2D eigenvalue weighted by Gasteiger charge is -2.40. The average molecular weight is 197 g/mol. The van der Waals surface area contributed by atoms with Crippen LogP contribution in [0.1, 0.15) is 6.92 Å². The molecular weight excluding hydrogens is 178 g/mol. The molecule has 2 aliphatic heterocycles. The van der Waals surface area contributed by atoms with E-state index in [0.29, 0.717) is 11.9 Å². The zero-order chi connectivity index (χ0) is 10.1. The van der Waals surface area contributed by atoms with Gasteiger partial charge in [0.05, 0.1) is 5.92 Å². The molecule has 2 fully saturated rings. The lowest BCUT2D eigenvalue weighted by atomic mass is 10.0. The Morgan fingerprint density at radius 1 is 1.36 bits per heavy atom. The monoisotopic (exact) mass is 197 g/mol. The van der Waals surface area contributed by atoms with Gasteiger partial charge in [-0.15, -0.1) is 0 Å². The maximum Gasteiger partial charge on any atom is 0.228 e. The minimum absolute atomic E-state index is 0.255. The number of hydrogen-bond donors (Lipinski definition) is 1. The molecule has 0 radical (unpaired) electrons. The van der Waals surface area contributed by atoms with Gasteiger partial charge in [0.2, 0.25) is 5.91 Å². The van der Waals surface area contributed by atoms with Gasteiger partial charge in [-0.25, -0.2) is 0 Å². The number of rotatable bonds is 1. The van der Waals surface area contributed by atoms with E-state index in [-0.39, 0.29) is 5.92 Å². The van der Waals surface area contributed by atoms with Crippen molar-refractivity contribution in [1.82, 2.24) is 15.1 Å². The molecule has 2 rings (SSSR count). The van der Waals surface area contributed by atoms with E-state index < -0.39 is 0 Å². The highest BCUT2D eigenvalue weighted by atomic mass is 16.2. The molecule has 1 atom stereocenters. The molecule has 14 heavy (non-hydrogen) atoms. The first-order valence-corrected chi connectivity index (χ1v) is 5.38. The predicted octanol–water partition coefficient (Wildman–Crippen LogP) is -0.632. The Balaban J connectivity index is 1.88. The summed E-state index contributed by atoms with van der Waals surface area (Å²) in [6.07, 6.45) is 0. The first-order chi connectivity index (χ1) is 6.68. The van der Waals surface area contributed by atoms with Crippen LogP contribution in [0.25, 0.3) is 0 Å². The molecule has 0 aromatic rings. The molecule has 80 valence electrons. The molecular formula is C10H19N3O. The van der Waals surface area contributed by atoms with Gasteiger partial charge in [-0.05, 0) is 14.0 Å². The van der Waals surface area contributed by atoms with Gasteiger partial charge < -0.3 is 15.1 Å². The standard InChI is InChI=1S/C10H19N3O/c1-8-7-13(4-3-12(8)2)10(14)9-5-11-6-9/h8-9,11H,3-7H2,1-2H3. The fourth-order valence-corrected chi connectivity index (χ4v) is 1.97. The lowest BCUT2D eigenvalue weighted by molar-refractivity contribution is -0.139. The van der Waals surface area contributed by atoms with Gasteiger partial charge in [0.25, 0.3) is 0 Å². The Morgan fingerprint density at radius 3 is 2.57 bits per heavy atom. The molecule has 0 bridgehead atoms. The maximum absolute atomic E-state index is 11.9. The third kappa shape index (κ3) is 1.77. The highest BCUT2D eigenvalue weighted by molar-refractivity contribution is 5.80. The van der Waals surface area contributed by atoms with Gasteiger partial charge in [-0.1, -0.05) is 0 Å². The number of hydrogen-bond acceptors (Lipinski definition) is 3. The van der Waals surface area contributed by atoms with Crippen LogP contribution >= 0.6 is 0 Å². The summed E-state index contributed by atoms with van der Waals surface area (Å²) in [5.74, 6) is 0.606. The van der Waals surface area contributed by atoms with Crippen LogP contribution in [0.4, 0.5) is 0 Å². The smallest absolute Gasteiger partial charge is 0.228 e. The highest BCUT2D eigenvalue weighted by Gasteiger charge is 2.32. The van der Waals surface area contributed by atoms with E-state index in [9.17, 15) is 4.79 Å². The van der Waals surface area contributed by atoms with Crippen LogP contribution in [-0.4, -0.2) is 61.5 Å². The summed E-state index contributed by atoms with van der Waals surface area (Å²) in [5.41, 5.74) is 0. The predicted molar refractivity (Wildman–Crippen MR) is 55.0 cm³/mol. The van der Waals surface area contributed by atoms with Gasteiger partial charge in [0.1, 0.15) is 0 Å². The highest BCUT2D eigenvalue weighted by Crippen LogP contribution is 2.13.